The van der Waals surface area contributed by atoms with Crippen molar-refractivity contribution in [1.29, 1.82) is 0 Å². The first kappa shape index (κ1) is 24.9. The number of ketones is 3. The van der Waals surface area contributed by atoms with E-state index in [9.17, 15) is 19.5 Å². The molecule has 1 aliphatic rings. The molecule has 4 nitrogen and oxygen atoms in total. The molecule has 0 amide bonds. The summed E-state index contributed by atoms with van der Waals surface area (Å²) in [6.45, 7) is 2.24. The quantitative estimate of drug-likeness (QED) is 0.189. The molecule has 160 valence electrons. The third-order valence-electron chi connectivity index (χ3n) is 5.74. The van der Waals surface area contributed by atoms with Gasteiger partial charge in [0.2, 0.25) is 0 Å². The Morgan fingerprint density at radius 3 is 1.61 bits per heavy atom. The van der Waals surface area contributed by atoms with Gasteiger partial charge in [0, 0.05) is 25.2 Å². The van der Waals surface area contributed by atoms with E-state index in [0.717, 1.165) is 19.3 Å². The van der Waals surface area contributed by atoms with Crippen LogP contribution in [-0.4, -0.2) is 27.5 Å². The van der Waals surface area contributed by atoms with Crippen LogP contribution in [0.1, 0.15) is 110 Å². The van der Waals surface area contributed by atoms with E-state index in [1.807, 2.05) is 0 Å². The number of unbranched alkanes of at least 4 members (excludes halogenated alkanes) is 12. The number of carbonyl (C=O) groups excluding carboxylic acids is 3. The Hall–Kier alpha value is -1.10. The first-order chi connectivity index (χ1) is 13.5. The molecule has 1 rings (SSSR count). The topological polar surface area (TPSA) is 71.4 Å². The van der Waals surface area contributed by atoms with E-state index in [0.29, 0.717) is 6.42 Å². The number of carbonyl (C=O) groups is 3. The van der Waals surface area contributed by atoms with Gasteiger partial charge in [-0.25, -0.2) is 0 Å². The molecule has 0 spiro atoms. The van der Waals surface area contributed by atoms with Gasteiger partial charge in [0.1, 0.15) is 5.92 Å². The molecular formula is C23H38O4S. The molecule has 1 N–H and O–H groups in total. The second-order valence-electron chi connectivity index (χ2n) is 8.27. The van der Waals surface area contributed by atoms with Gasteiger partial charge < -0.3 is 5.11 Å². The summed E-state index contributed by atoms with van der Waals surface area (Å²) >= 11 is 4.66. The Morgan fingerprint density at radius 1 is 0.821 bits per heavy atom. The lowest BCUT2D eigenvalue weighted by atomic mass is 9.77. The Morgan fingerprint density at radius 2 is 1.21 bits per heavy atom. The van der Waals surface area contributed by atoms with Gasteiger partial charge >= 0.3 is 0 Å². The number of Topliss-reactive ketones (excluding diaryl/α,β-unsaturated/α-hetero) is 3. The molecule has 0 unspecified atom stereocenters. The van der Waals surface area contributed by atoms with Crippen LogP contribution in [-0.2, 0) is 14.4 Å². The minimum Gasteiger partial charge on any atom is -0.502 e. The summed E-state index contributed by atoms with van der Waals surface area (Å²) in [7, 11) is 0. The molecule has 1 saturated carbocycles. The number of hydrogen-bond donors (Lipinski definition) is 1. The lowest BCUT2D eigenvalue weighted by molar-refractivity contribution is -0.143. The maximum Gasteiger partial charge on any atom is 0.160 e. The minimum atomic E-state index is -1.11. The highest BCUT2D eigenvalue weighted by atomic mass is 32.1. The molecule has 0 radical (unpaired) electrons. The molecule has 0 aliphatic heterocycles. The highest BCUT2D eigenvalue weighted by Crippen LogP contribution is 2.26. The van der Waals surface area contributed by atoms with Crippen molar-refractivity contribution in [2.24, 2.45) is 11.8 Å². The summed E-state index contributed by atoms with van der Waals surface area (Å²) in [4.78, 5) is 36.4. The molecule has 5 heteroatoms. The lowest BCUT2D eigenvalue weighted by Gasteiger charge is -2.24. The van der Waals surface area contributed by atoms with Crippen molar-refractivity contribution >= 4 is 34.6 Å². The third kappa shape index (κ3) is 9.90. The van der Waals surface area contributed by atoms with Crippen molar-refractivity contribution < 1.29 is 19.5 Å². The molecule has 0 aromatic heterocycles. The van der Waals surface area contributed by atoms with Crippen LogP contribution in [0.25, 0.3) is 0 Å². The number of aliphatic hydroxyl groups excluding tert-OH is 1. The van der Waals surface area contributed by atoms with Crippen LogP contribution in [0.2, 0.25) is 0 Å². The Kier molecular flexibility index (Phi) is 13.2. The van der Waals surface area contributed by atoms with Crippen molar-refractivity contribution in [3.8, 4) is 0 Å². The molecule has 0 aromatic carbocycles. The Bertz CT molecular complexity index is 497. The molecule has 0 aromatic rings. The smallest absolute Gasteiger partial charge is 0.160 e. The summed E-state index contributed by atoms with van der Waals surface area (Å²) in [6.07, 6.45) is 16.4. The van der Waals surface area contributed by atoms with Crippen LogP contribution in [0.5, 0.6) is 0 Å². The zero-order valence-corrected chi connectivity index (χ0v) is 18.4. The van der Waals surface area contributed by atoms with Gasteiger partial charge in [-0.2, -0.15) is 0 Å². The Balaban J connectivity index is 2.03. The van der Waals surface area contributed by atoms with E-state index in [4.69, 9.17) is 0 Å². The van der Waals surface area contributed by atoms with Crippen LogP contribution in [0.4, 0.5) is 0 Å². The first-order valence-electron chi connectivity index (χ1n) is 11.3. The van der Waals surface area contributed by atoms with Crippen LogP contribution >= 0.6 is 12.2 Å². The largest absolute Gasteiger partial charge is 0.502 e. The van der Waals surface area contributed by atoms with E-state index < -0.39 is 11.8 Å². The highest BCUT2D eigenvalue weighted by Gasteiger charge is 2.40. The van der Waals surface area contributed by atoms with Gasteiger partial charge in [-0.05, 0) is 18.6 Å². The second kappa shape index (κ2) is 14.8. The third-order valence-corrected chi connectivity index (χ3v) is 6.07. The number of rotatable bonds is 16. The molecule has 28 heavy (non-hydrogen) atoms. The van der Waals surface area contributed by atoms with Crippen LogP contribution in [0.3, 0.4) is 0 Å². The van der Waals surface area contributed by atoms with Crippen molar-refractivity contribution in [1.82, 2.24) is 0 Å². The molecule has 1 fully saturated rings. The van der Waals surface area contributed by atoms with Crippen molar-refractivity contribution in [3.05, 3.63) is 0 Å². The van der Waals surface area contributed by atoms with Gasteiger partial charge in [0.15, 0.2) is 22.4 Å². The van der Waals surface area contributed by atoms with Gasteiger partial charge in [-0.3, -0.25) is 14.4 Å². The number of thiocarbonyl (C=S) groups is 1. The molecule has 0 saturated heterocycles. The molecule has 0 bridgehead atoms. The average molecular weight is 411 g/mol. The summed E-state index contributed by atoms with van der Waals surface area (Å²) in [6, 6.07) is 0. The van der Waals surface area contributed by atoms with Crippen molar-refractivity contribution in [3.63, 3.8) is 0 Å². The summed E-state index contributed by atoms with van der Waals surface area (Å²) in [5, 5.41) is 9.01. The maximum absolute atomic E-state index is 12.3. The fourth-order valence-electron chi connectivity index (χ4n) is 3.97. The Labute approximate surface area is 175 Å². The summed E-state index contributed by atoms with van der Waals surface area (Å²) < 4.78 is 0. The van der Waals surface area contributed by atoms with E-state index in [2.05, 4.69) is 19.1 Å². The average Bonchev–Trinajstić information content (AvgIpc) is 2.64. The van der Waals surface area contributed by atoms with Crippen molar-refractivity contribution in [2.45, 2.75) is 110 Å². The van der Waals surface area contributed by atoms with Gasteiger partial charge in [0.05, 0.1) is 0 Å². The van der Waals surface area contributed by atoms with Gasteiger partial charge in [-0.15, -0.1) is 0 Å². The first-order valence-corrected chi connectivity index (χ1v) is 11.7. The van der Waals surface area contributed by atoms with E-state index >= 15 is 0 Å². The minimum absolute atomic E-state index is 0.0100. The highest BCUT2D eigenvalue weighted by molar-refractivity contribution is 7.80. The zero-order chi connectivity index (χ0) is 20.8. The predicted molar refractivity (Wildman–Crippen MR) is 117 cm³/mol. The van der Waals surface area contributed by atoms with E-state index in [-0.39, 0.29) is 35.2 Å². The van der Waals surface area contributed by atoms with Crippen LogP contribution in [0.15, 0.2) is 0 Å². The SMILES string of the molecule is CCCCCCCCCCCCCCCC(=O)C1C(=O)CC(C(O)=S)CC1=O. The summed E-state index contributed by atoms with van der Waals surface area (Å²) in [5.41, 5.74) is 0. The van der Waals surface area contributed by atoms with Crippen LogP contribution < -0.4 is 0 Å². The van der Waals surface area contributed by atoms with E-state index in [1.165, 1.54) is 64.2 Å². The van der Waals surface area contributed by atoms with Gasteiger partial charge in [0.25, 0.3) is 0 Å². The monoisotopic (exact) mass is 410 g/mol. The van der Waals surface area contributed by atoms with Crippen LogP contribution in [0, 0.1) is 11.8 Å². The second-order valence-corrected chi connectivity index (χ2v) is 8.69. The number of hydrogen-bond acceptors (Lipinski definition) is 4. The lowest BCUT2D eigenvalue weighted by Crippen LogP contribution is -2.40. The summed E-state index contributed by atoms with van der Waals surface area (Å²) in [5.74, 6) is -2.70. The molecular weight excluding hydrogens is 372 g/mol. The standard InChI is InChI=1S/C23H38O4S/c1-2-3-4-5-6-7-8-9-10-11-12-13-14-15-19(24)22-20(25)16-18(23(27)28)17-21(22)26/h18,22H,2-17H2,1H3,(H,27,28). The fourth-order valence-corrected chi connectivity index (χ4v) is 4.13. The zero-order valence-electron chi connectivity index (χ0n) is 17.5. The predicted octanol–water partition coefficient (Wildman–Crippen LogP) is 6.09. The number of aliphatic hydroxyl groups is 1. The van der Waals surface area contributed by atoms with E-state index in [1.54, 1.807) is 0 Å². The maximum atomic E-state index is 12.3. The normalized spacial score (nSPS) is 19.8. The van der Waals surface area contributed by atoms with Crippen molar-refractivity contribution in [2.75, 3.05) is 0 Å². The molecule has 0 heterocycles. The molecule has 0 atom stereocenters. The molecule has 1 aliphatic carbocycles. The fraction of sp³-hybridized carbons (Fsp3) is 0.826. The van der Waals surface area contributed by atoms with Gasteiger partial charge in [-0.1, -0.05) is 84.0 Å².